The average molecular weight is 333 g/mol. The molecule has 0 aliphatic heterocycles. The number of hydrogen-bond donors (Lipinski definition) is 1. The van der Waals surface area contributed by atoms with Gasteiger partial charge in [-0.15, -0.1) is 0 Å². The molecule has 1 aromatic carbocycles. The van der Waals surface area contributed by atoms with Gasteiger partial charge in [-0.3, -0.25) is 14.9 Å². The number of carbonyl (C=O) groups is 1. The summed E-state index contributed by atoms with van der Waals surface area (Å²) in [6.45, 7) is 2.09. The van der Waals surface area contributed by atoms with Crippen molar-refractivity contribution in [3.8, 4) is 0 Å². The van der Waals surface area contributed by atoms with E-state index in [-0.39, 0.29) is 17.6 Å². The van der Waals surface area contributed by atoms with Crippen molar-refractivity contribution in [1.82, 2.24) is 10.2 Å². The summed E-state index contributed by atoms with van der Waals surface area (Å²) in [5, 5.41) is 17.9. The molecule has 0 radical (unpaired) electrons. The van der Waals surface area contributed by atoms with Crippen molar-refractivity contribution in [2.45, 2.75) is 13.0 Å². The molecule has 1 unspecified atom stereocenters. The van der Waals surface area contributed by atoms with Crippen LogP contribution in [0.2, 0.25) is 0 Å². The molecule has 1 atom stereocenters. The van der Waals surface area contributed by atoms with Gasteiger partial charge in [0.2, 0.25) is 0 Å². The van der Waals surface area contributed by atoms with Crippen molar-refractivity contribution in [1.29, 1.82) is 0 Å². The predicted octanol–water partition coefficient (Wildman–Crippen LogP) is 3.00. The van der Waals surface area contributed by atoms with E-state index in [2.05, 4.69) is 5.32 Å². The van der Waals surface area contributed by atoms with Gasteiger partial charge in [-0.1, -0.05) is 6.07 Å². The summed E-state index contributed by atoms with van der Waals surface area (Å²) in [7, 11) is 3.90. The number of nitrogens with zero attached hydrogens (tertiary/aromatic N) is 2. The third-order valence-corrected chi connectivity index (χ3v) is 4.38. The lowest BCUT2D eigenvalue weighted by molar-refractivity contribution is -0.385. The van der Waals surface area contributed by atoms with Crippen molar-refractivity contribution in [3.63, 3.8) is 0 Å². The van der Waals surface area contributed by atoms with E-state index in [1.54, 1.807) is 30.4 Å². The fraction of sp³-hybridized carbons (Fsp3) is 0.312. The van der Waals surface area contributed by atoms with Gasteiger partial charge >= 0.3 is 0 Å². The second kappa shape index (κ2) is 7.34. The van der Waals surface area contributed by atoms with Crippen LogP contribution in [0.4, 0.5) is 5.69 Å². The lowest BCUT2D eigenvalue weighted by Crippen LogP contribution is -2.34. The smallest absolute Gasteiger partial charge is 0.273 e. The van der Waals surface area contributed by atoms with Crippen LogP contribution in [-0.4, -0.2) is 36.4 Å². The third-order valence-electron chi connectivity index (χ3n) is 3.68. The fourth-order valence-corrected chi connectivity index (χ4v) is 3.01. The maximum atomic E-state index is 12.3. The molecular weight excluding hydrogens is 314 g/mol. The van der Waals surface area contributed by atoms with Gasteiger partial charge in [-0.25, -0.2) is 0 Å². The molecule has 0 saturated heterocycles. The number of thiophene rings is 1. The highest BCUT2D eigenvalue weighted by molar-refractivity contribution is 7.07. The van der Waals surface area contributed by atoms with Crippen LogP contribution in [-0.2, 0) is 0 Å². The number of nitro benzene ring substituents is 1. The van der Waals surface area contributed by atoms with Crippen LogP contribution in [0, 0.1) is 17.0 Å². The minimum absolute atomic E-state index is 0.0420. The summed E-state index contributed by atoms with van der Waals surface area (Å²) >= 11 is 1.61. The molecule has 1 amide bonds. The molecule has 0 saturated carbocycles. The Labute approximate surface area is 138 Å². The highest BCUT2D eigenvalue weighted by Crippen LogP contribution is 2.21. The topological polar surface area (TPSA) is 75.5 Å². The zero-order chi connectivity index (χ0) is 17.0. The highest BCUT2D eigenvalue weighted by Gasteiger charge is 2.18. The Morgan fingerprint density at radius 2 is 2.13 bits per heavy atom. The molecule has 1 heterocycles. The third kappa shape index (κ3) is 4.14. The van der Waals surface area contributed by atoms with Gasteiger partial charge < -0.3 is 10.2 Å². The predicted molar refractivity (Wildman–Crippen MR) is 90.9 cm³/mol. The summed E-state index contributed by atoms with van der Waals surface area (Å²) in [5.74, 6) is -0.310. The van der Waals surface area contributed by atoms with E-state index in [0.29, 0.717) is 17.7 Å². The Morgan fingerprint density at radius 1 is 1.39 bits per heavy atom. The first-order valence-corrected chi connectivity index (χ1v) is 8.06. The Balaban J connectivity index is 2.10. The van der Waals surface area contributed by atoms with Crippen LogP contribution < -0.4 is 5.32 Å². The van der Waals surface area contributed by atoms with Gasteiger partial charge in [0.25, 0.3) is 11.6 Å². The van der Waals surface area contributed by atoms with E-state index in [4.69, 9.17) is 0 Å². The minimum Gasteiger partial charge on any atom is -0.350 e. The van der Waals surface area contributed by atoms with Crippen LogP contribution in [0.25, 0.3) is 0 Å². The first-order chi connectivity index (χ1) is 10.9. The molecule has 1 aromatic heterocycles. The van der Waals surface area contributed by atoms with Gasteiger partial charge in [0.15, 0.2) is 0 Å². The first-order valence-electron chi connectivity index (χ1n) is 7.12. The molecule has 6 nitrogen and oxygen atoms in total. The van der Waals surface area contributed by atoms with E-state index in [9.17, 15) is 14.9 Å². The first kappa shape index (κ1) is 17.1. The van der Waals surface area contributed by atoms with Gasteiger partial charge in [-0.05, 0) is 49.5 Å². The molecule has 2 aromatic rings. The number of carbonyl (C=O) groups excluding carboxylic acids is 1. The Hall–Kier alpha value is -2.25. The van der Waals surface area contributed by atoms with Crippen LogP contribution in [0.5, 0.6) is 0 Å². The van der Waals surface area contributed by atoms with Crippen LogP contribution in [0.15, 0.2) is 35.0 Å². The zero-order valence-corrected chi connectivity index (χ0v) is 14.1. The molecule has 0 aliphatic rings. The fourth-order valence-electron chi connectivity index (χ4n) is 2.30. The van der Waals surface area contributed by atoms with Crippen LogP contribution >= 0.6 is 11.3 Å². The Morgan fingerprint density at radius 3 is 2.70 bits per heavy atom. The molecule has 0 bridgehead atoms. The number of rotatable bonds is 6. The van der Waals surface area contributed by atoms with Gasteiger partial charge in [0, 0.05) is 23.7 Å². The number of aryl methyl sites for hydroxylation is 1. The van der Waals surface area contributed by atoms with Crippen LogP contribution in [0.1, 0.15) is 27.5 Å². The maximum Gasteiger partial charge on any atom is 0.273 e. The second-order valence-corrected chi connectivity index (χ2v) is 6.28. The molecule has 1 N–H and O–H groups in total. The van der Waals surface area contributed by atoms with Gasteiger partial charge in [-0.2, -0.15) is 11.3 Å². The van der Waals surface area contributed by atoms with E-state index in [0.717, 1.165) is 5.56 Å². The van der Waals surface area contributed by atoms with Crippen molar-refractivity contribution < 1.29 is 9.72 Å². The van der Waals surface area contributed by atoms with Crippen molar-refractivity contribution in [3.05, 3.63) is 61.8 Å². The largest absolute Gasteiger partial charge is 0.350 e. The summed E-state index contributed by atoms with van der Waals surface area (Å²) in [4.78, 5) is 24.8. The summed E-state index contributed by atoms with van der Waals surface area (Å²) in [6, 6.07) is 6.60. The van der Waals surface area contributed by atoms with E-state index >= 15 is 0 Å². The zero-order valence-electron chi connectivity index (χ0n) is 13.3. The minimum atomic E-state index is -0.472. The number of nitrogens with one attached hydrogen (secondary N) is 1. The molecular formula is C16H19N3O3S. The monoisotopic (exact) mass is 333 g/mol. The number of nitro groups is 1. The summed E-state index contributed by atoms with van der Waals surface area (Å²) in [5.41, 5.74) is 1.93. The van der Waals surface area contributed by atoms with Crippen LogP contribution in [0.3, 0.4) is 0 Å². The molecule has 23 heavy (non-hydrogen) atoms. The number of hydrogen-bond acceptors (Lipinski definition) is 5. The molecule has 122 valence electrons. The molecule has 0 fully saturated rings. The standard InChI is InChI=1S/C16H19N3O3S/c1-11-4-5-12(8-14(11)19(21)22)16(20)17-9-15(18(2)3)13-6-7-23-10-13/h4-8,10,15H,9H2,1-3H3,(H,17,20). The van der Waals surface area contributed by atoms with Gasteiger partial charge in [0.05, 0.1) is 11.0 Å². The number of amides is 1. The molecule has 2 rings (SSSR count). The molecule has 7 heteroatoms. The van der Waals surface area contributed by atoms with Crippen molar-refractivity contribution >= 4 is 22.9 Å². The lowest BCUT2D eigenvalue weighted by Gasteiger charge is -2.24. The lowest BCUT2D eigenvalue weighted by atomic mass is 10.1. The molecule has 0 spiro atoms. The van der Waals surface area contributed by atoms with Crippen molar-refractivity contribution in [2.24, 2.45) is 0 Å². The highest BCUT2D eigenvalue weighted by atomic mass is 32.1. The number of likely N-dealkylation sites (N-methyl/N-ethyl adjacent to an activating group) is 1. The van der Waals surface area contributed by atoms with E-state index < -0.39 is 4.92 Å². The molecule has 0 aliphatic carbocycles. The summed E-state index contributed by atoms with van der Waals surface area (Å²) in [6.07, 6.45) is 0. The van der Waals surface area contributed by atoms with Crippen molar-refractivity contribution in [2.75, 3.05) is 20.6 Å². The Bertz CT molecular complexity index is 699. The van der Waals surface area contributed by atoms with E-state index in [1.807, 2.05) is 35.8 Å². The maximum absolute atomic E-state index is 12.3. The summed E-state index contributed by atoms with van der Waals surface area (Å²) < 4.78 is 0. The quantitative estimate of drug-likeness (QED) is 0.651. The average Bonchev–Trinajstić information content (AvgIpc) is 3.01. The Kier molecular flexibility index (Phi) is 5.46. The SMILES string of the molecule is Cc1ccc(C(=O)NCC(c2ccsc2)N(C)C)cc1[N+](=O)[O-]. The number of benzene rings is 1. The van der Waals surface area contributed by atoms with E-state index in [1.165, 1.54) is 6.07 Å². The normalized spacial score (nSPS) is 12.2. The van der Waals surface area contributed by atoms with Gasteiger partial charge in [0.1, 0.15) is 0 Å². The second-order valence-electron chi connectivity index (χ2n) is 5.50.